The zero-order valence-electron chi connectivity index (χ0n) is 11.8. The third kappa shape index (κ3) is 2.95. The molecular formula is C14H18BrN3O2. The molecule has 108 valence electrons. The second kappa shape index (κ2) is 5.83. The standard InChI is InChI=1S/C14H18BrN3O2/c1-9-8-10(4-5-11(9)15)18-7-6-12(13(18)19)16-14(20)17(2)3/h4-5,8,12H,6-7H2,1-3H3,(H,16,20)/t12-/m0/s1. The Hall–Kier alpha value is -1.56. The number of carbonyl (C=O) groups is 2. The highest BCUT2D eigenvalue weighted by Crippen LogP contribution is 2.26. The minimum absolute atomic E-state index is 0.0538. The van der Waals surface area contributed by atoms with Gasteiger partial charge in [-0.05, 0) is 37.1 Å². The summed E-state index contributed by atoms with van der Waals surface area (Å²) in [6.45, 7) is 2.61. The van der Waals surface area contributed by atoms with Gasteiger partial charge >= 0.3 is 6.03 Å². The number of carbonyl (C=O) groups excluding carboxylic acids is 2. The molecule has 0 aromatic heterocycles. The third-order valence-electron chi connectivity index (χ3n) is 3.36. The minimum atomic E-state index is -0.436. The fourth-order valence-electron chi connectivity index (χ4n) is 2.15. The largest absolute Gasteiger partial charge is 0.331 e. The highest BCUT2D eigenvalue weighted by molar-refractivity contribution is 9.10. The van der Waals surface area contributed by atoms with Crippen LogP contribution in [0.2, 0.25) is 0 Å². The molecule has 0 radical (unpaired) electrons. The zero-order chi connectivity index (χ0) is 14.9. The van der Waals surface area contributed by atoms with Gasteiger partial charge in [0.1, 0.15) is 6.04 Å². The molecule has 2 rings (SSSR count). The van der Waals surface area contributed by atoms with E-state index in [9.17, 15) is 9.59 Å². The summed E-state index contributed by atoms with van der Waals surface area (Å²) in [4.78, 5) is 27.1. The number of anilines is 1. The van der Waals surface area contributed by atoms with Crippen molar-refractivity contribution in [1.82, 2.24) is 10.2 Å². The van der Waals surface area contributed by atoms with Crippen LogP contribution in [0.1, 0.15) is 12.0 Å². The van der Waals surface area contributed by atoms with Gasteiger partial charge in [0.2, 0.25) is 5.91 Å². The molecule has 0 unspecified atom stereocenters. The highest BCUT2D eigenvalue weighted by atomic mass is 79.9. The normalized spacial score (nSPS) is 18.3. The van der Waals surface area contributed by atoms with Crippen LogP contribution in [0.4, 0.5) is 10.5 Å². The third-order valence-corrected chi connectivity index (χ3v) is 4.25. The topological polar surface area (TPSA) is 52.7 Å². The lowest BCUT2D eigenvalue weighted by Crippen LogP contribution is -2.45. The molecule has 1 N–H and O–H groups in total. The number of amides is 3. The zero-order valence-corrected chi connectivity index (χ0v) is 13.4. The molecule has 20 heavy (non-hydrogen) atoms. The molecule has 1 aliphatic heterocycles. The predicted octanol–water partition coefficient (Wildman–Crippen LogP) is 2.13. The van der Waals surface area contributed by atoms with E-state index in [1.807, 2.05) is 25.1 Å². The Morgan fingerprint density at radius 3 is 2.75 bits per heavy atom. The van der Waals surface area contributed by atoms with Gasteiger partial charge in [-0.1, -0.05) is 15.9 Å². The first-order valence-corrected chi connectivity index (χ1v) is 7.25. The Kier molecular flexibility index (Phi) is 4.32. The first kappa shape index (κ1) is 14.8. The SMILES string of the molecule is Cc1cc(N2CC[C@H](NC(=O)N(C)C)C2=O)ccc1Br. The van der Waals surface area contributed by atoms with Crippen LogP contribution in [0.5, 0.6) is 0 Å². The Bertz CT molecular complexity index is 545. The summed E-state index contributed by atoms with van der Waals surface area (Å²) in [7, 11) is 3.31. The van der Waals surface area contributed by atoms with Crippen LogP contribution in [-0.2, 0) is 4.79 Å². The monoisotopic (exact) mass is 339 g/mol. The molecule has 1 atom stereocenters. The number of hydrogen-bond acceptors (Lipinski definition) is 2. The fourth-order valence-corrected chi connectivity index (χ4v) is 2.39. The second-order valence-corrected chi connectivity index (χ2v) is 5.96. The van der Waals surface area contributed by atoms with E-state index >= 15 is 0 Å². The van der Waals surface area contributed by atoms with Crippen LogP contribution in [0.25, 0.3) is 0 Å². The molecule has 1 fully saturated rings. The smallest absolute Gasteiger partial charge is 0.317 e. The molecule has 1 aliphatic rings. The average Bonchev–Trinajstić information content (AvgIpc) is 2.74. The first-order valence-electron chi connectivity index (χ1n) is 6.45. The van der Waals surface area contributed by atoms with Gasteiger partial charge in [-0.15, -0.1) is 0 Å². The Morgan fingerprint density at radius 2 is 2.15 bits per heavy atom. The number of halogens is 1. The molecule has 6 heteroatoms. The number of urea groups is 1. The molecule has 0 aliphatic carbocycles. The lowest BCUT2D eigenvalue weighted by atomic mass is 10.2. The Labute approximate surface area is 127 Å². The van der Waals surface area contributed by atoms with Crippen molar-refractivity contribution in [2.24, 2.45) is 0 Å². The molecule has 0 spiro atoms. The fraction of sp³-hybridized carbons (Fsp3) is 0.429. The molecule has 1 heterocycles. The molecule has 5 nitrogen and oxygen atoms in total. The maximum atomic E-state index is 12.3. The van der Waals surface area contributed by atoms with Gasteiger partial charge in [-0.2, -0.15) is 0 Å². The maximum Gasteiger partial charge on any atom is 0.317 e. The van der Waals surface area contributed by atoms with Gasteiger partial charge < -0.3 is 15.1 Å². The van der Waals surface area contributed by atoms with E-state index in [0.29, 0.717) is 13.0 Å². The summed E-state index contributed by atoms with van der Waals surface area (Å²) in [5.41, 5.74) is 1.95. The summed E-state index contributed by atoms with van der Waals surface area (Å²) in [5.74, 6) is -0.0538. The quantitative estimate of drug-likeness (QED) is 0.897. The summed E-state index contributed by atoms with van der Waals surface area (Å²) in [6, 6.07) is 5.14. The van der Waals surface area contributed by atoms with E-state index in [2.05, 4.69) is 21.2 Å². The highest BCUT2D eigenvalue weighted by Gasteiger charge is 2.33. The van der Waals surface area contributed by atoms with Crippen LogP contribution in [0.15, 0.2) is 22.7 Å². The molecule has 1 aromatic rings. The summed E-state index contributed by atoms with van der Waals surface area (Å²) in [6.07, 6.45) is 0.632. The van der Waals surface area contributed by atoms with Gasteiger partial charge in [-0.25, -0.2) is 4.79 Å². The lowest BCUT2D eigenvalue weighted by Gasteiger charge is -2.19. The lowest BCUT2D eigenvalue weighted by molar-refractivity contribution is -0.118. The van der Waals surface area contributed by atoms with Crippen LogP contribution >= 0.6 is 15.9 Å². The van der Waals surface area contributed by atoms with Crippen LogP contribution in [0.3, 0.4) is 0 Å². The number of nitrogens with zero attached hydrogens (tertiary/aromatic N) is 2. The van der Waals surface area contributed by atoms with E-state index < -0.39 is 6.04 Å². The van der Waals surface area contributed by atoms with Crippen LogP contribution in [-0.4, -0.2) is 43.5 Å². The van der Waals surface area contributed by atoms with E-state index in [0.717, 1.165) is 15.7 Å². The number of hydrogen-bond donors (Lipinski definition) is 1. The molecule has 1 aromatic carbocycles. The Balaban J connectivity index is 2.11. The van der Waals surface area contributed by atoms with Crippen molar-refractivity contribution in [3.8, 4) is 0 Å². The van der Waals surface area contributed by atoms with Crippen molar-refractivity contribution in [3.63, 3.8) is 0 Å². The molecule has 3 amide bonds. The van der Waals surface area contributed by atoms with Gasteiger partial charge in [0, 0.05) is 30.8 Å². The molecule has 1 saturated heterocycles. The number of benzene rings is 1. The predicted molar refractivity (Wildman–Crippen MR) is 81.9 cm³/mol. The van der Waals surface area contributed by atoms with Crippen molar-refractivity contribution in [1.29, 1.82) is 0 Å². The molecule has 0 saturated carbocycles. The van der Waals surface area contributed by atoms with Gasteiger partial charge in [0.05, 0.1) is 0 Å². The number of rotatable bonds is 2. The van der Waals surface area contributed by atoms with E-state index in [1.54, 1.807) is 19.0 Å². The maximum absolute atomic E-state index is 12.3. The van der Waals surface area contributed by atoms with E-state index in [1.165, 1.54) is 4.90 Å². The summed E-state index contributed by atoms with van der Waals surface area (Å²) in [5, 5.41) is 2.74. The van der Waals surface area contributed by atoms with Crippen molar-refractivity contribution < 1.29 is 9.59 Å². The van der Waals surface area contributed by atoms with Crippen LogP contribution < -0.4 is 10.2 Å². The van der Waals surface area contributed by atoms with Crippen molar-refractivity contribution in [2.75, 3.05) is 25.5 Å². The van der Waals surface area contributed by atoms with Gasteiger partial charge in [-0.3, -0.25) is 4.79 Å². The second-order valence-electron chi connectivity index (χ2n) is 5.11. The van der Waals surface area contributed by atoms with Crippen molar-refractivity contribution >= 4 is 33.6 Å². The first-order chi connectivity index (χ1) is 9.40. The average molecular weight is 340 g/mol. The minimum Gasteiger partial charge on any atom is -0.331 e. The number of aryl methyl sites for hydroxylation is 1. The van der Waals surface area contributed by atoms with Crippen molar-refractivity contribution in [2.45, 2.75) is 19.4 Å². The summed E-state index contributed by atoms with van der Waals surface area (Å²) < 4.78 is 1.02. The van der Waals surface area contributed by atoms with Gasteiger partial charge in [0.25, 0.3) is 0 Å². The molecule has 0 bridgehead atoms. The van der Waals surface area contributed by atoms with Crippen LogP contribution in [0, 0.1) is 6.92 Å². The van der Waals surface area contributed by atoms with Gasteiger partial charge in [0.15, 0.2) is 0 Å². The molecular weight excluding hydrogens is 322 g/mol. The number of nitrogens with one attached hydrogen (secondary N) is 1. The van der Waals surface area contributed by atoms with E-state index in [-0.39, 0.29) is 11.9 Å². The van der Waals surface area contributed by atoms with E-state index in [4.69, 9.17) is 0 Å². The Morgan fingerprint density at radius 1 is 1.45 bits per heavy atom. The van der Waals surface area contributed by atoms with Crippen molar-refractivity contribution in [3.05, 3.63) is 28.2 Å². The summed E-state index contributed by atoms with van der Waals surface area (Å²) >= 11 is 3.45.